The number of oxazole rings is 1. The second-order valence-corrected chi connectivity index (χ2v) is 8.62. The number of carbonyl (C=O) groups is 1. The SMILES string of the molecule is CCOC(=O)CCc1cc(OCC)ccc1OCc1ccc(OCc2nc(-c3ccccc3)oc2C)cc1. The minimum absolute atomic E-state index is 0.229. The van der Waals surface area contributed by atoms with Gasteiger partial charge in [0.2, 0.25) is 5.89 Å². The van der Waals surface area contributed by atoms with Crippen molar-refractivity contribution in [2.45, 2.75) is 46.8 Å². The molecule has 0 N–H and O–H groups in total. The van der Waals surface area contributed by atoms with Crippen LogP contribution in [0.2, 0.25) is 0 Å². The van der Waals surface area contributed by atoms with Crippen molar-refractivity contribution in [3.63, 3.8) is 0 Å². The molecule has 0 spiro atoms. The van der Waals surface area contributed by atoms with E-state index in [1.54, 1.807) is 6.92 Å². The summed E-state index contributed by atoms with van der Waals surface area (Å²) >= 11 is 0. The van der Waals surface area contributed by atoms with E-state index in [0.29, 0.717) is 44.5 Å². The molecule has 0 saturated carbocycles. The van der Waals surface area contributed by atoms with Gasteiger partial charge in [0, 0.05) is 12.0 Å². The molecule has 0 saturated heterocycles. The van der Waals surface area contributed by atoms with Gasteiger partial charge in [-0.25, -0.2) is 4.98 Å². The van der Waals surface area contributed by atoms with Gasteiger partial charge in [-0.1, -0.05) is 30.3 Å². The summed E-state index contributed by atoms with van der Waals surface area (Å²) in [7, 11) is 0. The first kappa shape index (κ1) is 26.8. The largest absolute Gasteiger partial charge is 0.494 e. The van der Waals surface area contributed by atoms with E-state index in [1.165, 1.54) is 0 Å². The van der Waals surface area contributed by atoms with Crippen LogP contribution < -0.4 is 14.2 Å². The molecule has 7 nitrogen and oxygen atoms in total. The van der Waals surface area contributed by atoms with E-state index in [2.05, 4.69) is 4.98 Å². The fourth-order valence-corrected chi connectivity index (χ4v) is 3.88. The Kier molecular flexibility index (Phi) is 9.40. The second-order valence-electron chi connectivity index (χ2n) is 8.62. The molecule has 4 aromatic rings. The van der Waals surface area contributed by atoms with Crippen LogP contribution in [-0.2, 0) is 29.2 Å². The molecule has 4 rings (SSSR count). The van der Waals surface area contributed by atoms with Crippen LogP contribution in [0, 0.1) is 6.92 Å². The Morgan fingerprint density at radius 1 is 0.842 bits per heavy atom. The van der Waals surface area contributed by atoms with Gasteiger partial charge in [-0.2, -0.15) is 0 Å². The molecule has 0 aliphatic heterocycles. The summed E-state index contributed by atoms with van der Waals surface area (Å²) in [6.07, 6.45) is 0.791. The van der Waals surface area contributed by atoms with Crippen LogP contribution in [0.3, 0.4) is 0 Å². The van der Waals surface area contributed by atoms with Gasteiger partial charge in [-0.05, 0) is 80.8 Å². The van der Waals surface area contributed by atoms with E-state index in [0.717, 1.165) is 39.6 Å². The topological polar surface area (TPSA) is 80.0 Å². The van der Waals surface area contributed by atoms with Crippen LogP contribution in [0.15, 0.2) is 77.2 Å². The van der Waals surface area contributed by atoms with E-state index in [9.17, 15) is 4.79 Å². The summed E-state index contributed by atoms with van der Waals surface area (Å²) in [6.45, 7) is 7.25. The average Bonchev–Trinajstić information content (AvgIpc) is 3.32. The van der Waals surface area contributed by atoms with Crippen LogP contribution in [0.4, 0.5) is 0 Å². The van der Waals surface area contributed by atoms with Crippen LogP contribution in [0.25, 0.3) is 11.5 Å². The van der Waals surface area contributed by atoms with Gasteiger partial charge in [-0.15, -0.1) is 0 Å². The molecular weight excluding hydrogens is 482 g/mol. The third-order valence-corrected chi connectivity index (χ3v) is 5.85. The lowest BCUT2D eigenvalue weighted by Crippen LogP contribution is -2.07. The Bertz CT molecular complexity index is 1310. The molecule has 1 heterocycles. The molecule has 0 bridgehead atoms. The van der Waals surface area contributed by atoms with E-state index in [-0.39, 0.29) is 12.4 Å². The highest BCUT2D eigenvalue weighted by Crippen LogP contribution is 2.27. The molecule has 0 unspecified atom stereocenters. The minimum atomic E-state index is -0.229. The average molecular weight is 516 g/mol. The lowest BCUT2D eigenvalue weighted by Gasteiger charge is -2.14. The molecule has 0 aliphatic rings. The first-order valence-electron chi connectivity index (χ1n) is 12.8. The highest BCUT2D eigenvalue weighted by molar-refractivity contribution is 5.69. The lowest BCUT2D eigenvalue weighted by molar-refractivity contribution is -0.143. The number of hydrogen-bond acceptors (Lipinski definition) is 7. The maximum absolute atomic E-state index is 11.9. The normalized spacial score (nSPS) is 10.7. The molecular formula is C31H33NO6. The van der Waals surface area contributed by atoms with Gasteiger partial charge < -0.3 is 23.4 Å². The van der Waals surface area contributed by atoms with Crippen molar-refractivity contribution in [3.05, 3.63) is 95.4 Å². The molecule has 0 atom stereocenters. The molecule has 38 heavy (non-hydrogen) atoms. The van der Waals surface area contributed by atoms with Crippen molar-refractivity contribution >= 4 is 5.97 Å². The van der Waals surface area contributed by atoms with Crippen molar-refractivity contribution in [2.75, 3.05) is 13.2 Å². The second kappa shape index (κ2) is 13.3. The zero-order valence-corrected chi connectivity index (χ0v) is 22.1. The summed E-state index contributed by atoms with van der Waals surface area (Å²) in [4.78, 5) is 16.5. The number of nitrogens with zero attached hydrogens (tertiary/aromatic N) is 1. The summed E-state index contributed by atoms with van der Waals surface area (Å²) in [6, 6.07) is 23.2. The number of aromatic nitrogens is 1. The Morgan fingerprint density at radius 3 is 2.34 bits per heavy atom. The zero-order valence-electron chi connectivity index (χ0n) is 22.1. The molecule has 0 aliphatic carbocycles. The van der Waals surface area contributed by atoms with Gasteiger partial charge in [-0.3, -0.25) is 4.79 Å². The third kappa shape index (κ3) is 7.38. The fourth-order valence-electron chi connectivity index (χ4n) is 3.88. The van der Waals surface area contributed by atoms with Gasteiger partial charge in [0.25, 0.3) is 0 Å². The number of rotatable bonds is 13. The van der Waals surface area contributed by atoms with Gasteiger partial charge >= 0.3 is 5.97 Å². The lowest BCUT2D eigenvalue weighted by atomic mass is 10.1. The number of aryl methyl sites for hydroxylation is 2. The molecule has 1 aromatic heterocycles. The quantitative estimate of drug-likeness (QED) is 0.183. The Hall–Kier alpha value is -4.26. The number of hydrogen-bond donors (Lipinski definition) is 0. The van der Waals surface area contributed by atoms with Gasteiger partial charge in [0.05, 0.1) is 13.2 Å². The number of benzene rings is 3. The van der Waals surface area contributed by atoms with Crippen LogP contribution in [0.1, 0.15) is 42.8 Å². The van der Waals surface area contributed by atoms with Crippen molar-refractivity contribution in [1.29, 1.82) is 0 Å². The molecule has 3 aromatic carbocycles. The summed E-state index contributed by atoms with van der Waals surface area (Å²) in [5, 5.41) is 0. The molecule has 7 heteroatoms. The number of carbonyl (C=O) groups excluding carboxylic acids is 1. The standard InChI is InChI=1S/C31H33NO6/c1-4-34-27-16-17-29(25(19-27)13-18-30(33)35-5-2)37-20-23-11-14-26(15-12-23)36-21-28-22(3)38-31(32-28)24-9-7-6-8-10-24/h6-12,14-17,19H,4-5,13,18,20-21H2,1-3H3. The minimum Gasteiger partial charge on any atom is -0.494 e. The van der Waals surface area contributed by atoms with Crippen LogP contribution in [0.5, 0.6) is 17.2 Å². The van der Waals surface area contributed by atoms with Crippen molar-refractivity contribution in [2.24, 2.45) is 0 Å². The van der Waals surface area contributed by atoms with Gasteiger partial charge in [0.15, 0.2) is 0 Å². The maximum Gasteiger partial charge on any atom is 0.306 e. The Balaban J connectivity index is 1.34. The van der Waals surface area contributed by atoms with Crippen LogP contribution >= 0.6 is 0 Å². The van der Waals surface area contributed by atoms with E-state index < -0.39 is 0 Å². The molecule has 0 amide bonds. The summed E-state index contributed by atoms with van der Waals surface area (Å²) in [5.41, 5.74) is 3.60. The van der Waals surface area contributed by atoms with E-state index in [1.807, 2.05) is 86.6 Å². The fraction of sp³-hybridized carbons (Fsp3) is 0.290. The molecule has 198 valence electrons. The number of esters is 1. The van der Waals surface area contributed by atoms with Crippen molar-refractivity contribution in [3.8, 4) is 28.7 Å². The van der Waals surface area contributed by atoms with Gasteiger partial charge in [0.1, 0.15) is 41.9 Å². The maximum atomic E-state index is 11.9. The smallest absolute Gasteiger partial charge is 0.306 e. The molecule has 0 radical (unpaired) electrons. The zero-order chi connectivity index (χ0) is 26.7. The van der Waals surface area contributed by atoms with Crippen molar-refractivity contribution < 1.29 is 28.2 Å². The first-order valence-corrected chi connectivity index (χ1v) is 12.8. The number of ether oxygens (including phenoxy) is 4. The Labute approximate surface area is 223 Å². The predicted octanol–water partition coefficient (Wildman–Crippen LogP) is 6.70. The van der Waals surface area contributed by atoms with Crippen molar-refractivity contribution in [1.82, 2.24) is 4.98 Å². The Morgan fingerprint density at radius 2 is 1.61 bits per heavy atom. The third-order valence-electron chi connectivity index (χ3n) is 5.85. The monoisotopic (exact) mass is 515 g/mol. The summed E-state index contributed by atoms with van der Waals surface area (Å²) < 4.78 is 28.6. The van der Waals surface area contributed by atoms with E-state index >= 15 is 0 Å². The molecule has 0 fully saturated rings. The highest BCUT2D eigenvalue weighted by Gasteiger charge is 2.13. The highest BCUT2D eigenvalue weighted by atomic mass is 16.5. The first-order chi connectivity index (χ1) is 18.6. The van der Waals surface area contributed by atoms with Crippen LogP contribution in [-0.4, -0.2) is 24.2 Å². The van der Waals surface area contributed by atoms with E-state index in [4.69, 9.17) is 23.4 Å². The summed E-state index contributed by atoms with van der Waals surface area (Å²) in [5.74, 6) is 3.29. The predicted molar refractivity (Wildman–Crippen MR) is 144 cm³/mol.